The van der Waals surface area contributed by atoms with Crippen LogP contribution in [-0.4, -0.2) is 39.0 Å². The first-order chi connectivity index (χ1) is 13.1. The molecule has 0 radical (unpaired) electrons. The normalized spacial score (nSPS) is 11.9. The van der Waals surface area contributed by atoms with Gasteiger partial charge in [-0.2, -0.15) is 5.26 Å². The van der Waals surface area contributed by atoms with Gasteiger partial charge >= 0.3 is 0 Å². The van der Waals surface area contributed by atoms with Crippen LogP contribution in [-0.2, 0) is 11.3 Å². The maximum Gasteiger partial charge on any atom is 0.240 e. The monoisotopic (exact) mass is 363 g/mol. The van der Waals surface area contributed by atoms with Crippen molar-refractivity contribution in [3.63, 3.8) is 0 Å². The molecule has 3 rings (SSSR count). The quantitative estimate of drug-likeness (QED) is 0.693. The zero-order valence-electron chi connectivity index (χ0n) is 15.5. The van der Waals surface area contributed by atoms with E-state index in [0.29, 0.717) is 18.1 Å². The van der Waals surface area contributed by atoms with Crippen molar-refractivity contribution in [3.05, 3.63) is 47.5 Å². The highest BCUT2D eigenvalue weighted by molar-refractivity contribution is 5.90. The van der Waals surface area contributed by atoms with E-state index in [1.54, 1.807) is 13.2 Å². The summed E-state index contributed by atoms with van der Waals surface area (Å²) < 4.78 is 2.02. The van der Waals surface area contributed by atoms with Gasteiger partial charge in [-0.05, 0) is 38.6 Å². The number of likely N-dealkylation sites (N-methyl/N-ethyl adjacent to an activating group) is 1. The molecule has 0 bridgehead atoms. The fourth-order valence-corrected chi connectivity index (χ4v) is 3.03. The van der Waals surface area contributed by atoms with Gasteiger partial charge < -0.3 is 9.88 Å². The van der Waals surface area contributed by atoms with Crippen LogP contribution in [0.2, 0.25) is 0 Å². The molecule has 0 saturated heterocycles. The lowest BCUT2D eigenvalue weighted by atomic mass is 10.0. The molecule has 2 N–H and O–H groups in total. The van der Waals surface area contributed by atoms with E-state index >= 15 is 0 Å². The number of fused-ring (bicyclic) bond motifs is 1. The van der Waals surface area contributed by atoms with Crippen molar-refractivity contribution in [1.29, 1.82) is 5.26 Å². The number of nitrogens with one attached hydrogen (secondary N) is 2. The van der Waals surface area contributed by atoms with Crippen LogP contribution in [0, 0.1) is 18.3 Å². The Bertz CT molecular complexity index is 1020. The summed E-state index contributed by atoms with van der Waals surface area (Å²) in [5.74, 6) is -0.104. The van der Waals surface area contributed by atoms with Crippen LogP contribution >= 0.6 is 0 Å². The zero-order valence-corrected chi connectivity index (χ0v) is 15.5. The first-order valence-electron chi connectivity index (χ1n) is 8.71. The van der Waals surface area contributed by atoms with E-state index in [-0.39, 0.29) is 18.4 Å². The van der Waals surface area contributed by atoms with Crippen LogP contribution in [0.1, 0.15) is 29.9 Å². The molecule has 3 aromatic rings. The number of anilines is 1. The lowest BCUT2D eigenvalue weighted by molar-refractivity contribution is -0.115. The Kier molecular flexibility index (Phi) is 5.43. The van der Waals surface area contributed by atoms with Crippen molar-refractivity contribution >= 4 is 22.9 Å². The highest BCUT2D eigenvalue weighted by atomic mass is 16.2. The first-order valence-corrected chi connectivity index (χ1v) is 8.71. The van der Waals surface area contributed by atoms with Crippen molar-refractivity contribution in [2.75, 3.05) is 18.9 Å². The summed E-state index contributed by atoms with van der Waals surface area (Å²) in [6.45, 7) is 4.70. The molecule has 138 valence electrons. The van der Waals surface area contributed by atoms with Crippen LogP contribution in [0.25, 0.3) is 11.0 Å². The molecule has 0 aliphatic rings. The lowest BCUT2D eigenvalue weighted by Crippen LogP contribution is -2.26. The minimum absolute atomic E-state index is 0.153. The third-order valence-corrected chi connectivity index (χ3v) is 4.26. The van der Waals surface area contributed by atoms with Gasteiger partial charge in [0.1, 0.15) is 11.7 Å². The predicted octanol–water partition coefficient (Wildman–Crippen LogP) is 1.97. The van der Waals surface area contributed by atoms with Gasteiger partial charge in [0, 0.05) is 12.7 Å². The number of nitriles is 1. The van der Waals surface area contributed by atoms with E-state index in [1.807, 2.05) is 42.7 Å². The molecule has 0 saturated carbocycles. The number of carbonyl (C=O) groups is 1. The number of rotatable bonds is 6. The summed E-state index contributed by atoms with van der Waals surface area (Å²) >= 11 is 0. The Hall–Kier alpha value is -3.31. The molecule has 8 nitrogen and oxygen atoms in total. The maximum absolute atomic E-state index is 11.8. The molecule has 2 aromatic heterocycles. The molecule has 1 aromatic carbocycles. The molecule has 1 amide bonds. The third-order valence-electron chi connectivity index (χ3n) is 4.26. The van der Waals surface area contributed by atoms with Crippen molar-refractivity contribution in [1.82, 2.24) is 24.8 Å². The van der Waals surface area contributed by atoms with Crippen molar-refractivity contribution in [2.24, 2.45) is 0 Å². The SMILES string of the molecule is CCn1c(C(C#N)c2nc(NC(=O)CNC)ncc2C)nc2ccccc21. The number of aromatic nitrogens is 4. The highest BCUT2D eigenvalue weighted by Gasteiger charge is 2.25. The van der Waals surface area contributed by atoms with Gasteiger partial charge in [0.2, 0.25) is 11.9 Å². The molecule has 8 heteroatoms. The molecule has 0 fully saturated rings. The van der Waals surface area contributed by atoms with E-state index in [0.717, 1.165) is 16.6 Å². The number of benzene rings is 1. The van der Waals surface area contributed by atoms with Gasteiger partial charge in [-0.25, -0.2) is 15.0 Å². The molecular formula is C19H21N7O. The molecule has 27 heavy (non-hydrogen) atoms. The van der Waals surface area contributed by atoms with Gasteiger partial charge in [-0.15, -0.1) is 0 Å². The number of carbonyl (C=O) groups excluding carboxylic acids is 1. The first kappa shape index (κ1) is 18.5. The Balaban J connectivity index is 2.06. The second-order valence-corrected chi connectivity index (χ2v) is 6.11. The van der Waals surface area contributed by atoms with E-state index in [2.05, 4.69) is 31.7 Å². The molecule has 0 aliphatic heterocycles. The summed E-state index contributed by atoms with van der Waals surface area (Å²) in [7, 11) is 1.68. The van der Waals surface area contributed by atoms with Crippen molar-refractivity contribution in [3.8, 4) is 6.07 Å². The number of imidazole rings is 1. The molecule has 2 heterocycles. The number of hydrogen-bond donors (Lipinski definition) is 2. The summed E-state index contributed by atoms with van der Waals surface area (Å²) in [4.78, 5) is 25.1. The average molecular weight is 363 g/mol. The Labute approximate surface area is 157 Å². The number of hydrogen-bond acceptors (Lipinski definition) is 6. The highest BCUT2D eigenvalue weighted by Crippen LogP contribution is 2.28. The topological polar surface area (TPSA) is 109 Å². The molecule has 1 atom stereocenters. The Morgan fingerprint density at radius 2 is 2.11 bits per heavy atom. The molecule has 0 spiro atoms. The maximum atomic E-state index is 11.8. The number of nitrogens with zero attached hydrogens (tertiary/aromatic N) is 5. The summed E-state index contributed by atoms with van der Waals surface area (Å²) in [5, 5.41) is 15.3. The second kappa shape index (κ2) is 7.93. The lowest BCUT2D eigenvalue weighted by Gasteiger charge is -2.14. The summed E-state index contributed by atoms with van der Waals surface area (Å²) in [6, 6.07) is 10.1. The third kappa shape index (κ3) is 3.64. The van der Waals surface area contributed by atoms with Crippen LogP contribution < -0.4 is 10.6 Å². The average Bonchev–Trinajstić information content (AvgIpc) is 3.03. The summed E-state index contributed by atoms with van der Waals surface area (Å²) in [6.07, 6.45) is 1.61. The second-order valence-electron chi connectivity index (χ2n) is 6.11. The van der Waals surface area contributed by atoms with E-state index < -0.39 is 5.92 Å². The minimum Gasteiger partial charge on any atom is -0.327 e. The van der Waals surface area contributed by atoms with Crippen LogP contribution in [0.15, 0.2) is 30.5 Å². The van der Waals surface area contributed by atoms with E-state index in [4.69, 9.17) is 0 Å². The van der Waals surface area contributed by atoms with Crippen LogP contribution in [0.4, 0.5) is 5.95 Å². The standard InChI is InChI=1S/C19H21N7O/c1-4-26-15-8-6-5-7-14(15)23-18(26)13(9-20)17-12(2)10-22-19(25-17)24-16(27)11-21-3/h5-8,10,13,21H,4,11H2,1-3H3,(H,22,24,25,27). The Morgan fingerprint density at radius 3 is 2.81 bits per heavy atom. The van der Waals surface area contributed by atoms with Crippen LogP contribution in [0.3, 0.4) is 0 Å². The van der Waals surface area contributed by atoms with Gasteiger partial charge in [-0.1, -0.05) is 12.1 Å². The predicted molar refractivity (Wildman–Crippen MR) is 102 cm³/mol. The molecule has 1 unspecified atom stereocenters. The van der Waals surface area contributed by atoms with Crippen LogP contribution in [0.5, 0.6) is 0 Å². The largest absolute Gasteiger partial charge is 0.327 e. The van der Waals surface area contributed by atoms with Gasteiger partial charge in [-0.3, -0.25) is 10.1 Å². The van der Waals surface area contributed by atoms with Gasteiger partial charge in [0.05, 0.1) is 29.3 Å². The minimum atomic E-state index is -0.666. The molecular weight excluding hydrogens is 342 g/mol. The smallest absolute Gasteiger partial charge is 0.240 e. The van der Waals surface area contributed by atoms with Crippen molar-refractivity contribution < 1.29 is 4.79 Å². The van der Waals surface area contributed by atoms with Crippen molar-refractivity contribution in [2.45, 2.75) is 26.3 Å². The molecule has 0 aliphatic carbocycles. The zero-order chi connectivity index (χ0) is 19.4. The fourth-order valence-electron chi connectivity index (χ4n) is 3.03. The van der Waals surface area contributed by atoms with E-state index in [1.165, 1.54) is 0 Å². The van der Waals surface area contributed by atoms with E-state index in [9.17, 15) is 10.1 Å². The fraction of sp³-hybridized carbons (Fsp3) is 0.316. The number of aryl methyl sites for hydroxylation is 2. The summed E-state index contributed by atoms with van der Waals surface area (Å²) in [5.41, 5.74) is 3.12. The Morgan fingerprint density at radius 1 is 1.33 bits per heavy atom. The number of amides is 1. The van der Waals surface area contributed by atoms with Gasteiger partial charge in [0.15, 0.2) is 0 Å². The number of para-hydroxylation sites is 2. The van der Waals surface area contributed by atoms with Gasteiger partial charge in [0.25, 0.3) is 0 Å².